The molecule has 0 spiro atoms. The van der Waals surface area contributed by atoms with Crippen molar-refractivity contribution in [2.75, 3.05) is 25.0 Å². The van der Waals surface area contributed by atoms with Crippen LogP contribution in [-0.4, -0.2) is 30.0 Å². The van der Waals surface area contributed by atoms with Crippen molar-refractivity contribution < 1.29 is 26.3 Å². The Kier molecular flexibility index (Phi) is 7.90. The van der Waals surface area contributed by atoms with Gasteiger partial charge in [-0.2, -0.15) is 0 Å². The summed E-state index contributed by atoms with van der Waals surface area (Å²) in [6, 6.07) is 14.3. The van der Waals surface area contributed by atoms with Crippen molar-refractivity contribution in [2.45, 2.75) is 39.7 Å². The molecule has 0 saturated carbocycles. The maximum Gasteiger partial charge on any atom is 0.279 e. The van der Waals surface area contributed by atoms with Gasteiger partial charge in [0.15, 0.2) is 6.54 Å². The maximum atomic E-state index is 12.9. The zero-order valence-corrected chi connectivity index (χ0v) is 18.4. The van der Waals surface area contributed by atoms with Crippen LogP contribution in [0.25, 0.3) is 0 Å². The fourth-order valence-corrected chi connectivity index (χ4v) is 4.44. The van der Waals surface area contributed by atoms with Crippen molar-refractivity contribution in [2.24, 2.45) is 0 Å². The number of rotatable bonds is 5. The number of aryl methyl sites for hydroxylation is 2. The van der Waals surface area contributed by atoms with Gasteiger partial charge < -0.3 is 26.8 Å². The minimum Gasteiger partial charge on any atom is -1.00 e. The Bertz CT molecular complexity index is 750. The number of carbonyl (C=O) groups excluding carboxylic acids is 1. The molecule has 3 rings (SSSR count). The third-order valence-corrected chi connectivity index (χ3v) is 5.58. The van der Waals surface area contributed by atoms with Gasteiger partial charge in [0.25, 0.3) is 5.91 Å². The Morgan fingerprint density at radius 1 is 1.04 bits per heavy atom. The minimum atomic E-state index is 0. The van der Waals surface area contributed by atoms with Crippen LogP contribution in [0.2, 0.25) is 5.02 Å². The van der Waals surface area contributed by atoms with Crippen LogP contribution in [0.5, 0.6) is 0 Å². The van der Waals surface area contributed by atoms with Crippen molar-refractivity contribution >= 4 is 23.2 Å². The fraction of sp³-hybridized carbons (Fsp3) is 0.409. The number of nitrogens with zero attached hydrogens (tertiary/aromatic N) is 1. The first kappa shape index (κ1) is 21.9. The summed E-state index contributed by atoms with van der Waals surface area (Å²) in [5.74, 6) is 0.0938. The molecule has 0 bridgehead atoms. The number of hydrogen-bond acceptors (Lipinski definition) is 1. The van der Waals surface area contributed by atoms with Gasteiger partial charge in [-0.1, -0.05) is 41.9 Å². The molecule has 0 aromatic heterocycles. The quantitative estimate of drug-likeness (QED) is 0.693. The highest BCUT2D eigenvalue weighted by Crippen LogP contribution is 2.26. The van der Waals surface area contributed by atoms with E-state index in [2.05, 4.69) is 29.6 Å². The molecule has 1 aliphatic heterocycles. The first-order chi connectivity index (χ1) is 12.5. The highest BCUT2D eigenvalue weighted by Gasteiger charge is 2.33. The molecule has 0 unspecified atom stereocenters. The Hall–Kier alpha value is -1.36. The summed E-state index contributed by atoms with van der Waals surface area (Å²) in [4.78, 5) is 12.9. The van der Waals surface area contributed by atoms with E-state index in [9.17, 15) is 4.79 Å². The third-order valence-electron chi connectivity index (χ3n) is 5.37. The normalized spacial score (nSPS) is 15.7. The molecule has 2 aromatic carbocycles. The van der Waals surface area contributed by atoms with Crippen molar-refractivity contribution in [1.82, 2.24) is 0 Å². The molecule has 2 aromatic rings. The van der Waals surface area contributed by atoms with Crippen LogP contribution in [0.15, 0.2) is 42.5 Å². The van der Waals surface area contributed by atoms with Crippen LogP contribution >= 0.6 is 11.6 Å². The van der Waals surface area contributed by atoms with Crippen LogP contribution in [0.4, 0.5) is 5.69 Å². The van der Waals surface area contributed by atoms with E-state index in [4.69, 9.17) is 11.6 Å². The molecule has 1 fully saturated rings. The lowest BCUT2D eigenvalue weighted by Gasteiger charge is -2.41. The van der Waals surface area contributed by atoms with E-state index >= 15 is 0 Å². The van der Waals surface area contributed by atoms with E-state index in [1.54, 1.807) is 0 Å². The van der Waals surface area contributed by atoms with Crippen LogP contribution in [0.1, 0.15) is 36.0 Å². The standard InChI is InChI=1S/C22H27ClN2O.BrH/c1-17-13-20(23)14-18(2)22(17)24-21(26)16-25(11-7-4-8-12-25)15-19-9-5-3-6-10-19;/h3,5-6,9-10,13-14H,4,7-8,11-12,15-16H2,1-2H3;1H. The van der Waals surface area contributed by atoms with E-state index in [1.807, 2.05) is 32.0 Å². The lowest BCUT2D eigenvalue weighted by Crippen LogP contribution is -3.00. The number of hydrogen-bond donors (Lipinski definition) is 1. The Morgan fingerprint density at radius 3 is 2.22 bits per heavy atom. The van der Waals surface area contributed by atoms with Crippen LogP contribution < -0.4 is 22.3 Å². The number of likely N-dealkylation sites (tertiary alicyclic amines) is 1. The molecule has 1 N–H and O–H groups in total. The Labute approximate surface area is 178 Å². The highest BCUT2D eigenvalue weighted by atomic mass is 79.9. The summed E-state index contributed by atoms with van der Waals surface area (Å²) in [5.41, 5.74) is 4.23. The Balaban J connectivity index is 0.00000261. The van der Waals surface area contributed by atoms with Crippen molar-refractivity contribution in [1.29, 1.82) is 0 Å². The lowest BCUT2D eigenvalue weighted by atomic mass is 10.0. The number of nitrogens with one attached hydrogen (secondary N) is 1. The van der Waals surface area contributed by atoms with Crippen molar-refractivity contribution in [3.63, 3.8) is 0 Å². The molecule has 146 valence electrons. The second-order valence-corrected chi connectivity index (χ2v) is 8.05. The molecule has 5 heteroatoms. The number of halogens is 2. The van der Waals surface area contributed by atoms with Crippen LogP contribution in [0, 0.1) is 13.8 Å². The summed E-state index contributed by atoms with van der Waals surface area (Å²) >= 11 is 6.11. The zero-order valence-electron chi connectivity index (χ0n) is 16.1. The monoisotopic (exact) mass is 450 g/mol. The molecule has 0 radical (unpaired) electrons. The number of quaternary nitrogens is 1. The molecule has 3 nitrogen and oxygen atoms in total. The smallest absolute Gasteiger partial charge is 0.279 e. The van der Waals surface area contributed by atoms with Gasteiger partial charge in [-0.15, -0.1) is 0 Å². The summed E-state index contributed by atoms with van der Waals surface area (Å²) in [6.07, 6.45) is 3.66. The summed E-state index contributed by atoms with van der Waals surface area (Å²) < 4.78 is 0.849. The van der Waals surface area contributed by atoms with Gasteiger partial charge in [0.2, 0.25) is 0 Å². The molecular formula is C22H28BrClN2O. The summed E-state index contributed by atoms with van der Waals surface area (Å²) in [7, 11) is 0. The van der Waals surface area contributed by atoms with Gasteiger partial charge in [0, 0.05) is 16.3 Å². The van der Waals surface area contributed by atoms with Crippen molar-refractivity contribution in [3.8, 4) is 0 Å². The average Bonchev–Trinajstić information content (AvgIpc) is 2.59. The molecule has 0 aliphatic carbocycles. The number of amides is 1. The van der Waals surface area contributed by atoms with Gasteiger partial charge >= 0.3 is 0 Å². The van der Waals surface area contributed by atoms with E-state index in [0.29, 0.717) is 11.6 Å². The second-order valence-electron chi connectivity index (χ2n) is 7.61. The summed E-state index contributed by atoms with van der Waals surface area (Å²) in [5, 5.41) is 3.86. The molecule has 0 atom stereocenters. The van der Waals surface area contributed by atoms with Gasteiger partial charge in [-0.3, -0.25) is 4.79 Å². The molecule has 1 aliphatic rings. The van der Waals surface area contributed by atoms with E-state index in [1.165, 1.54) is 24.8 Å². The maximum absolute atomic E-state index is 12.9. The van der Waals surface area contributed by atoms with Gasteiger partial charge in [-0.05, 0) is 56.4 Å². The molecule has 1 saturated heterocycles. The minimum absolute atomic E-state index is 0. The SMILES string of the molecule is Cc1cc(Cl)cc(C)c1NC(=O)C[N+]1(Cc2ccccc2)CCCCC1.[Br-]. The molecule has 27 heavy (non-hydrogen) atoms. The number of piperidine rings is 1. The van der Waals surface area contributed by atoms with E-state index < -0.39 is 0 Å². The summed E-state index contributed by atoms with van der Waals surface area (Å²) in [6.45, 7) is 7.57. The highest BCUT2D eigenvalue weighted by molar-refractivity contribution is 6.30. The predicted molar refractivity (Wildman–Crippen MR) is 108 cm³/mol. The zero-order chi connectivity index (χ0) is 18.6. The molecule has 1 heterocycles. The van der Waals surface area contributed by atoms with Crippen LogP contribution in [-0.2, 0) is 11.3 Å². The van der Waals surface area contributed by atoms with Gasteiger partial charge in [0.1, 0.15) is 6.54 Å². The third kappa shape index (κ3) is 5.81. The number of carbonyl (C=O) groups is 1. The fourth-order valence-electron chi connectivity index (χ4n) is 4.12. The number of benzene rings is 2. The number of anilines is 1. The predicted octanol–water partition coefficient (Wildman–Crippen LogP) is 2.10. The largest absolute Gasteiger partial charge is 1.00 e. The molecule has 1 amide bonds. The topological polar surface area (TPSA) is 29.1 Å². The van der Waals surface area contributed by atoms with Crippen LogP contribution in [0.3, 0.4) is 0 Å². The first-order valence-corrected chi connectivity index (χ1v) is 9.81. The van der Waals surface area contributed by atoms with Gasteiger partial charge in [-0.25, -0.2) is 0 Å². The average molecular weight is 452 g/mol. The van der Waals surface area contributed by atoms with E-state index in [-0.39, 0.29) is 22.9 Å². The Morgan fingerprint density at radius 2 is 1.63 bits per heavy atom. The van der Waals surface area contributed by atoms with Crippen molar-refractivity contribution in [3.05, 3.63) is 64.2 Å². The molecular weight excluding hydrogens is 424 g/mol. The van der Waals surface area contributed by atoms with Gasteiger partial charge in [0.05, 0.1) is 13.1 Å². The van der Waals surface area contributed by atoms with E-state index in [0.717, 1.165) is 40.9 Å². The lowest BCUT2D eigenvalue weighted by molar-refractivity contribution is -0.937. The second kappa shape index (κ2) is 9.72. The first-order valence-electron chi connectivity index (χ1n) is 9.43.